The molecule has 2 aliphatic rings. The summed E-state index contributed by atoms with van der Waals surface area (Å²) in [5.41, 5.74) is 4.15. The van der Waals surface area contributed by atoms with Gasteiger partial charge in [-0.05, 0) is 60.3 Å². The van der Waals surface area contributed by atoms with Gasteiger partial charge >= 0.3 is 12.1 Å². The zero-order valence-electron chi connectivity index (χ0n) is 22.1. The van der Waals surface area contributed by atoms with Gasteiger partial charge in [0.25, 0.3) is 0 Å². The van der Waals surface area contributed by atoms with Crippen LogP contribution in [0.1, 0.15) is 63.5 Å². The summed E-state index contributed by atoms with van der Waals surface area (Å²) in [6.07, 6.45) is 4.78. The van der Waals surface area contributed by atoms with Gasteiger partial charge in [-0.3, -0.25) is 0 Å². The van der Waals surface area contributed by atoms with Crippen molar-refractivity contribution < 1.29 is 14.3 Å². The van der Waals surface area contributed by atoms with Crippen molar-refractivity contribution in [2.45, 2.75) is 58.8 Å². The van der Waals surface area contributed by atoms with Gasteiger partial charge in [0.2, 0.25) is 0 Å². The smallest absolute Gasteiger partial charge is 0.321 e. The van der Waals surface area contributed by atoms with E-state index in [0.717, 1.165) is 50.9 Å². The maximum absolute atomic E-state index is 13.3. The molecule has 0 bridgehead atoms. The molecule has 2 aromatic rings. The molecule has 2 fully saturated rings. The molecule has 4 rings (SSSR count). The Morgan fingerprint density at radius 3 is 2.28 bits per heavy atom. The second-order valence-electron chi connectivity index (χ2n) is 10.5. The SMILES string of the molecule is CCCc1cccc(C(C)C)c1NC(=O)N1CCC2(CCN(C(=O)Nc3ccccc3OC)CC2)C1. The van der Waals surface area contributed by atoms with Gasteiger partial charge in [0, 0.05) is 31.9 Å². The second kappa shape index (κ2) is 11.2. The number of likely N-dealkylation sites (tertiary alicyclic amines) is 2. The summed E-state index contributed by atoms with van der Waals surface area (Å²) in [5.74, 6) is 0.992. The molecule has 0 aliphatic carbocycles. The Bertz CT molecular complexity index is 1080. The van der Waals surface area contributed by atoms with Gasteiger partial charge in [-0.1, -0.05) is 57.5 Å². The first kappa shape index (κ1) is 25.9. The maximum Gasteiger partial charge on any atom is 0.321 e. The van der Waals surface area contributed by atoms with Crippen LogP contribution >= 0.6 is 0 Å². The summed E-state index contributed by atoms with van der Waals surface area (Å²) in [4.78, 5) is 30.0. The highest BCUT2D eigenvalue weighted by atomic mass is 16.5. The Kier molecular flexibility index (Phi) is 8.07. The van der Waals surface area contributed by atoms with Gasteiger partial charge in [0.05, 0.1) is 12.8 Å². The summed E-state index contributed by atoms with van der Waals surface area (Å²) < 4.78 is 5.35. The zero-order valence-corrected chi connectivity index (χ0v) is 22.1. The molecule has 36 heavy (non-hydrogen) atoms. The van der Waals surface area contributed by atoms with Gasteiger partial charge in [-0.25, -0.2) is 9.59 Å². The molecule has 0 unspecified atom stereocenters. The number of ether oxygens (including phenoxy) is 1. The normalized spacial score (nSPS) is 16.9. The van der Waals surface area contributed by atoms with Crippen LogP contribution in [0, 0.1) is 5.41 Å². The number of aryl methyl sites for hydroxylation is 1. The summed E-state index contributed by atoms with van der Waals surface area (Å²) in [6, 6.07) is 13.7. The number of anilines is 2. The van der Waals surface area contributed by atoms with Crippen LogP contribution in [0.4, 0.5) is 21.0 Å². The van der Waals surface area contributed by atoms with E-state index in [-0.39, 0.29) is 17.5 Å². The molecule has 0 atom stereocenters. The van der Waals surface area contributed by atoms with Crippen LogP contribution in [-0.2, 0) is 6.42 Å². The molecule has 2 saturated heterocycles. The predicted molar refractivity (Wildman–Crippen MR) is 145 cm³/mol. The number of benzene rings is 2. The molecule has 0 saturated carbocycles. The highest BCUT2D eigenvalue weighted by Gasteiger charge is 2.43. The number of carbonyl (C=O) groups is 2. The van der Waals surface area contributed by atoms with Crippen molar-refractivity contribution in [3.63, 3.8) is 0 Å². The van der Waals surface area contributed by atoms with Crippen LogP contribution < -0.4 is 15.4 Å². The first-order valence-corrected chi connectivity index (χ1v) is 13.2. The van der Waals surface area contributed by atoms with Crippen LogP contribution in [0.3, 0.4) is 0 Å². The van der Waals surface area contributed by atoms with Crippen molar-refractivity contribution in [3.8, 4) is 5.75 Å². The number of nitrogens with zero attached hydrogens (tertiary/aromatic N) is 2. The van der Waals surface area contributed by atoms with E-state index in [2.05, 4.69) is 49.6 Å². The maximum atomic E-state index is 13.3. The van der Waals surface area contributed by atoms with Gasteiger partial charge in [0.1, 0.15) is 5.75 Å². The van der Waals surface area contributed by atoms with Crippen molar-refractivity contribution in [2.24, 2.45) is 5.41 Å². The van der Waals surface area contributed by atoms with Crippen LogP contribution in [0.25, 0.3) is 0 Å². The summed E-state index contributed by atoms with van der Waals surface area (Å²) in [6.45, 7) is 9.38. The fourth-order valence-electron chi connectivity index (χ4n) is 5.56. The molecule has 2 aromatic carbocycles. The monoisotopic (exact) mass is 492 g/mol. The van der Waals surface area contributed by atoms with Crippen molar-refractivity contribution in [2.75, 3.05) is 43.9 Å². The number of carbonyl (C=O) groups excluding carboxylic acids is 2. The van der Waals surface area contributed by atoms with Crippen LogP contribution in [-0.4, -0.2) is 55.2 Å². The van der Waals surface area contributed by atoms with E-state index in [1.807, 2.05) is 34.1 Å². The van der Waals surface area contributed by atoms with E-state index in [9.17, 15) is 9.59 Å². The Labute approximate surface area is 215 Å². The Balaban J connectivity index is 1.35. The van der Waals surface area contributed by atoms with Crippen LogP contribution in [0.2, 0.25) is 0 Å². The molecule has 0 radical (unpaired) electrons. The molecular weight excluding hydrogens is 452 g/mol. The second-order valence-corrected chi connectivity index (χ2v) is 10.5. The lowest BCUT2D eigenvalue weighted by Gasteiger charge is -2.39. The fourth-order valence-corrected chi connectivity index (χ4v) is 5.56. The van der Waals surface area contributed by atoms with Crippen LogP contribution in [0.5, 0.6) is 5.75 Å². The Morgan fingerprint density at radius 1 is 0.944 bits per heavy atom. The molecule has 1 spiro atoms. The highest BCUT2D eigenvalue weighted by molar-refractivity contribution is 5.92. The number of rotatable bonds is 6. The minimum absolute atomic E-state index is 0.00586. The topological polar surface area (TPSA) is 73.9 Å². The summed E-state index contributed by atoms with van der Waals surface area (Å²) in [5, 5.41) is 6.26. The largest absolute Gasteiger partial charge is 0.495 e. The number of piperidine rings is 1. The molecule has 0 aromatic heterocycles. The minimum Gasteiger partial charge on any atom is -0.495 e. The Hall–Kier alpha value is -3.22. The van der Waals surface area contributed by atoms with E-state index in [1.54, 1.807) is 7.11 Å². The number of para-hydroxylation sites is 3. The van der Waals surface area contributed by atoms with Gasteiger partial charge < -0.3 is 25.2 Å². The van der Waals surface area contributed by atoms with Crippen molar-refractivity contribution in [1.82, 2.24) is 9.80 Å². The lowest BCUT2D eigenvalue weighted by molar-refractivity contribution is 0.128. The lowest BCUT2D eigenvalue weighted by Crippen LogP contribution is -2.46. The van der Waals surface area contributed by atoms with Crippen molar-refractivity contribution >= 4 is 23.4 Å². The average Bonchev–Trinajstić information content (AvgIpc) is 3.29. The number of methoxy groups -OCH3 is 1. The minimum atomic E-state index is -0.101. The molecule has 2 heterocycles. The van der Waals surface area contributed by atoms with E-state index >= 15 is 0 Å². The molecule has 7 nitrogen and oxygen atoms in total. The van der Waals surface area contributed by atoms with Gasteiger partial charge in [-0.2, -0.15) is 0 Å². The summed E-state index contributed by atoms with van der Waals surface area (Å²) >= 11 is 0. The average molecular weight is 493 g/mol. The molecule has 194 valence electrons. The van der Waals surface area contributed by atoms with Crippen LogP contribution in [0.15, 0.2) is 42.5 Å². The van der Waals surface area contributed by atoms with E-state index in [0.29, 0.717) is 30.4 Å². The highest BCUT2D eigenvalue weighted by Crippen LogP contribution is 2.41. The predicted octanol–water partition coefficient (Wildman–Crippen LogP) is 6.32. The number of amides is 4. The third kappa shape index (κ3) is 5.61. The first-order chi connectivity index (χ1) is 17.4. The third-order valence-electron chi connectivity index (χ3n) is 7.74. The molecule has 4 amide bonds. The molecule has 2 aliphatic heterocycles. The lowest BCUT2D eigenvalue weighted by atomic mass is 9.78. The standard InChI is InChI=1S/C29H40N4O3/c1-5-9-22-10-8-11-23(21(2)3)26(22)31-28(35)33-19-16-29(20-33)14-17-32(18-15-29)27(34)30-24-12-6-7-13-25(24)36-4/h6-8,10-13,21H,5,9,14-20H2,1-4H3,(H,30,34)(H,31,35). The third-order valence-corrected chi connectivity index (χ3v) is 7.74. The van der Waals surface area contributed by atoms with E-state index in [4.69, 9.17) is 4.74 Å². The molecular formula is C29H40N4O3. The van der Waals surface area contributed by atoms with Gasteiger partial charge in [-0.15, -0.1) is 0 Å². The quantitative estimate of drug-likeness (QED) is 0.495. The first-order valence-electron chi connectivity index (χ1n) is 13.2. The van der Waals surface area contributed by atoms with E-state index < -0.39 is 0 Å². The van der Waals surface area contributed by atoms with Crippen molar-refractivity contribution in [3.05, 3.63) is 53.6 Å². The van der Waals surface area contributed by atoms with E-state index in [1.165, 1.54) is 11.1 Å². The number of urea groups is 2. The number of hydrogen-bond donors (Lipinski definition) is 2. The number of nitrogens with one attached hydrogen (secondary N) is 2. The number of hydrogen-bond acceptors (Lipinski definition) is 3. The Morgan fingerprint density at radius 2 is 1.61 bits per heavy atom. The van der Waals surface area contributed by atoms with Crippen molar-refractivity contribution in [1.29, 1.82) is 0 Å². The fraction of sp³-hybridized carbons (Fsp3) is 0.517. The molecule has 2 N–H and O–H groups in total. The van der Waals surface area contributed by atoms with Gasteiger partial charge in [0.15, 0.2) is 0 Å². The molecule has 7 heteroatoms. The zero-order chi connectivity index (χ0) is 25.7. The summed E-state index contributed by atoms with van der Waals surface area (Å²) in [7, 11) is 1.60.